The highest BCUT2D eigenvalue weighted by Crippen LogP contribution is 2.48. The summed E-state index contributed by atoms with van der Waals surface area (Å²) < 4.78 is 18.9. The molecule has 1 aromatic rings. The number of nitrogens with two attached hydrogens (primary N) is 1. The van der Waals surface area contributed by atoms with Crippen molar-refractivity contribution < 1.29 is 9.13 Å². The third kappa shape index (κ3) is 2.96. The molecule has 2 rings (SSSR count). The third-order valence-corrected chi connectivity index (χ3v) is 3.21. The van der Waals surface area contributed by atoms with Gasteiger partial charge >= 0.3 is 0 Å². The number of benzene rings is 1. The highest BCUT2D eigenvalue weighted by molar-refractivity contribution is 5.78. The molecule has 17 heavy (non-hydrogen) atoms. The fourth-order valence-corrected chi connectivity index (χ4v) is 1.85. The molecule has 0 spiro atoms. The van der Waals surface area contributed by atoms with Crippen molar-refractivity contribution in [3.63, 3.8) is 0 Å². The van der Waals surface area contributed by atoms with E-state index in [0.717, 1.165) is 12.8 Å². The van der Waals surface area contributed by atoms with Crippen LogP contribution in [0.3, 0.4) is 0 Å². The topological polar surface area (TPSA) is 59.1 Å². The van der Waals surface area contributed by atoms with Crippen molar-refractivity contribution in [3.8, 4) is 5.75 Å². The molecule has 1 aromatic carbocycles. The van der Waals surface area contributed by atoms with Crippen LogP contribution in [-0.2, 0) is 0 Å². The van der Waals surface area contributed by atoms with Gasteiger partial charge in [-0.3, -0.25) is 5.41 Å². The minimum atomic E-state index is -0.251. The molecule has 0 heterocycles. The predicted molar refractivity (Wildman–Crippen MR) is 64.8 cm³/mol. The molecular formula is C13H17FN2O. The van der Waals surface area contributed by atoms with Crippen molar-refractivity contribution in [2.75, 3.05) is 6.61 Å². The number of nitrogens with one attached hydrogen (secondary N) is 1. The highest BCUT2D eigenvalue weighted by atomic mass is 19.1. The van der Waals surface area contributed by atoms with Gasteiger partial charge in [0.25, 0.3) is 0 Å². The number of hydrogen-bond donors (Lipinski definition) is 2. The van der Waals surface area contributed by atoms with E-state index in [1.54, 1.807) is 19.1 Å². The lowest BCUT2D eigenvalue weighted by Crippen LogP contribution is -2.21. The summed E-state index contributed by atoms with van der Waals surface area (Å²) in [4.78, 5) is 0. The molecule has 4 heteroatoms. The molecule has 0 amide bonds. The molecule has 3 N–H and O–H groups in total. The molecule has 0 bridgehead atoms. The van der Waals surface area contributed by atoms with Crippen LogP contribution in [0, 0.1) is 23.6 Å². The molecule has 1 aliphatic rings. The van der Waals surface area contributed by atoms with E-state index in [4.69, 9.17) is 15.9 Å². The number of aryl methyl sites for hydroxylation is 1. The summed E-state index contributed by atoms with van der Waals surface area (Å²) in [6.07, 6.45) is 2.63. The Kier molecular flexibility index (Phi) is 3.05. The monoisotopic (exact) mass is 236 g/mol. The first-order valence-electron chi connectivity index (χ1n) is 5.73. The Bertz CT molecular complexity index is 441. The standard InChI is InChI=1S/C13H17FN2O/c1-9-2-3-10(6-11(9)14)17-8-13(4-5-13)7-12(15)16/h2-3,6H,4-5,7-8H2,1H3,(H3,15,16). The lowest BCUT2D eigenvalue weighted by atomic mass is 10.0. The van der Waals surface area contributed by atoms with Crippen molar-refractivity contribution in [1.29, 1.82) is 5.41 Å². The fraction of sp³-hybridized carbons (Fsp3) is 0.462. The Labute approximate surface area is 100 Å². The van der Waals surface area contributed by atoms with Crippen LogP contribution in [0.1, 0.15) is 24.8 Å². The molecule has 0 unspecified atom stereocenters. The van der Waals surface area contributed by atoms with Gasteiger partial charge in [-0.1, -0.05) is 6.07 Å². The molecule has 1 aliphatic carbocycles. The fourth-order valence-electron chi connectivity index (χ4n) is 1.85. The van der Waals surface area contributed by atoms with Crippen molar-refractivity contribution in [2.45, 2.75) is 26.2 Å². The second-order valence-electron chi connectivity index (χ2n) is 4.90. The first kappa shape index (κ1) is 11.9. The maximum Gasteiger partial charge on any atom is 0.129 e. The van der Waals surface area contributed by atoms with Gasteiger partial charge in [0.2, 0.25) is 0 Å². The van der Waals surface area contributed by atoms with Crippen molar-refractivity contribution in [1.82, 2.24) is 0 Å². The summed E-state index contributed by atoms with van der Waals surface area (Å²) >= 11 is 0. The number of hydrogen-bond acceptors (Lipinski definition) is 2. The van der Waals surface area contributed by atoms with Gasteiger partial charge in [-0.25, -0.2) is 4.39 Å². The minimum absolute atomic E-state index is 0.0210. The molecular weight excluding hydrogens is 219 g/mol. The van der Waals surface area contributed by atoms with E-state index in [-0.39, 0.29) is 17.1 Å². The molecule has 0 atom stereocenters. The lowest BCUT2D eigenvalue weighted by Gasteiger charge is -2.15. The van der Waals surface area contributed by atoms with Crippen LogP contribution in [0.2, 0.25) is 0 Å². The average Bonchev–Trinajstić information content (AvgIpc) is 2.99. The van der Waals surface area contributed by atoms with Gasteiger partial charge in [0.1, 0.15) is 11.6 Å². The van der Waals surface area contributed by atoms with E-state index in [2.05, 4.69) is 0 Å². The van der Waals surface area contributed by atoms with E-state index >= 15 is 0 Å². The first-order valence-corrected chi connectivity index (χ1v) is 5.73. The van der Waals surface area contributed by atoms with Gasteiger partial charge in [-0.05, 0) is 31.4 Å². The quantitative estimate of drug-likeness (QED) is 0.610. The normalized spacial score (nSPS) is 16.6. The maximum absolute atomic E-state index is 13.3. The van der Waals surface area contributed by atoms with E-state index in [1.807, 2.05) is 0 Å². The molecule has 3 nitrogen and oxygen atoms in total. The van der Waals surface area contributed by atoms with Crippen LogP contribution in [-0.4, -0.2) is 12.4 Å². The second kappa shape index (κ2) is 4.35. The van der Waals surface area contributed by atoms with Gasteiger partial charge in [-0.2, -0.15) is 0 Å². The summed E-state index contributed by atoms with van der Waals surface area (Å²) in [6.45, 7) is 2.23. The minimum Gasteiger partial charge on any atom is -0.493 e. The zero-order chi connectivity index (χ0) is 12.5. The molecule has 1 fully saturated rings. The molecule has 0 saturated heterocycles. The van der Waals surface area contributed by atoms with Gasteiger partial charge in [0.15, 0.2) is 0 Å². The van der Waals surface area contributed by atoms with Gasteiger partial charge in [0.05, 0.1) is 12.4 Å². The third-order valence-electron chi connectivity index (χ3n) is 3.21. The van der Waals surface area contributed by atoms with Crippen LogP contribution in [0.5, 0.6) is 5.75 Å². The molecule has 0 aromatic heterocycles. The van der Waals surface area contributed by atoms with E-state index in [9.17, 15) is 4.39 Å². The van der Waals surface area contributed by atoms with E-state index in [0.29, 0.717) is 24.3 Å². The first-order chi connectivity index (χ1) is 8.01. The Balaban J connectivity index is 1.94. The van der Waals surface area contributed by atoms with Gasteiger partial charge < -0.3 is 10.5 Å². The summed E-state index contributed by atoms with van der Waals surface area (Å²) in [6, 6.07) is 4.87. The molecule has 92 valence electrons. The summed E-state index contributed by atoms with van der Waals surface area (Å²) in [5.41, 5.74) is 6.03. The summed E-state index contributed by atoms with van der Waals surface area (Å²) in [5.74, 6) is 0.489. The van der Waals surface area contributed by atoms with Crippen LogP contribution < -0.4 is 10.5 Å². The Morgan fingerprint density at radius 1 is 1.53 bits per heavy atom. The van der Waals surface area contributed by atoms with E-state index in [1.165, 1.54) is 6.07 Å². The predicted octanol–water partition coefficient (Wildman–Crippen LogP) is 2.62. The van der Waals surface area contributed by atoms with Crippen LogP contribution in [0.15, 0.2) is 18.2 Å². The summed E-state index contributed by atoms with van der Waals surface area (Å²) in [5, 5.41) is 7.30. The second-order valence-corrected chi connectivity index (χ2v) is 4.90. The van der Waals surface area contributed by atoms with E-state index < -0.39 is 0 Å². The molecule has 1 saturated carbocycles. The number of amidine groups is 1. The lowest BCUT2D eigenvalue weighted by molar-refractivity contribution is 0.237. The Hall–Kier alpha value is -1.58. The van der Waals surface area contributed by atoms with Crippen LogP contribution in [0.25, 0.3) is 0 Å². The summed E-state index contributed by atoms with van der Waals surface area (Å²) in [7, 11) is 0. The van der Waals surface area contributed by atoms with Crippen LogP contribution in [0.4, 0.5) is 4.39 Å². The Morgan fingerprint density at radius 2 is 2.24 bits per heavy atom. The molecule has 0 radical (unpaired) electrons. The SMILES string of the molecule is Cc1ccc(OCC2(CC(=N)N)CC2)cc1F. The largest absolute Gasteiger partial charge is 0.493 e. The number of rotatable bonds is 5. The van der Waals surface area contributed by atoms with Crippen molar-refractivity contribution in [2.24, 2.45) is 11.1 Å². The Morgan fingerprint density at radius 3 is 2.76 bits per heavy atom. The average molecular weight is 236 g/mol. The van der Waals surface area contributed by atoms with Crippen molar-refractivity contribution >= 4 is 5.84 Å². The van der Waals surface area contributed by atoms with Gasteiger partial charge in [-0.15, -0.1) is 0 Å². The smallest absolute Gasteiger partial charge is 0.129 e. The van der Waals surface area contributed by atoms with Crippen LogP contribution >= 0.6 is 0 Å². The number of halogens is 1. The molecule has 0 aliphatic heterocycles. The maximum atomic E-state index is 13.3. The zero-order valence-electron chi connectivity index (χ0n) is 9.92. The number of ether oxygens (including phenoxy) is 1. The van der Waals surface area contributed by atoms with Crippen molar-refractivity contribution in [3.05, 3.63) is 29.6 Å². The van der Waals surface area contributed by atoms with Gasteiger partial charge in [0, 0.05) is 17.9 Å². The zero-order valence-corrected chi connectivity index (χ0v) is 9.92. The highest BCUT2D eigenvalue weighted by Gasteiger charge is 2.43.